The van der Waals surface area contributed by atoms with Gasteiger partial charge >= 0.3 is 0 Å². The van der Waals surface area contributed by atoms with Crippen LogP contribution in [0.15, 0.2) is 30.5 Å². The lowest BCUT2D eigenvalue weighted by Crippen LogP contribution is -2.49. The second-order valence-corrected chi connectivity index (χ2v) is 8.82. The molecule has 192 valence electrons. The molecule has 36 heavy (non-hydrogen) atoms. The average Bonchev–Trinajstić information content (AvgIpc) is 2.87. The van der Waals surface area contributed by atoms with Crippen LogP contribution in [0, 0.1) is 12.7 Å². The van der Waals surface area contributed by atoms with E-state index in [1.807, 2.05) is 18.0 Å². The minimum Gasteiger partial charge on any atom is -0.363 e. The molecule has 1 aliphatic heterocycles. The molecule has 4 rings (SSSR count). The molecule has 11 heteroatoms. The van der Waals surface area contributed by atoms with Gasteiger partial charge in [-0.15, -0.1) is 0 Å². The molecule has 1 atom stereocenters. The van der Waals surface area contributed by atoms with Gasteiger partial charge in [-0.2, -0.15) is 0 Å². The van der Waals surface area contributed by atoms with Crippen molar-refractivity contribution in [3.05, 3.63) is 53.2 Å². The summed E-state index contributed by atoms with van der Waals surface area (Å²) in [7, 11) is 1.82. The summed E-state index contributed by atoms with van der Waals surface area (Å²) in [6, 6.07) is 5.25. The van der Waals surface area contributed by atoms with Crippen LogP contribution in [0.2, 0.25) is 0 Å². The number of aromatic nitrogens is 3. The molecule has 1 unspecified atom stereocenters. The zero-order chi connectivity index (χ0) is 25.8. The van der Waals surface area contributed by atoms with Gasteiger partial charge in [-0.05, 0) is 27.0 Å². The number of alkyl halides is 2. The Bertz CT molecular complexity index is 1230. The van der Waals surface area contributed by atoms with Crippen molar-refractivity contribution in [2.24, 2.45) is 0 Å². The first-order chi connectivity index (χ1) is 17.3. The summed E-state index contributed by atoms with van der Waals surface area (Å²) in [5.41, 5.74) is 0.120. The van der Waals surface area contributed by atoms with Gasteiger partial charge in [0.05, 0.1) is 23.3 Å². The Morgan fingerprint density at radius 1 is 1.14 bits per heavy atom. The highest BCUT2D eigenvalue weighted by atomic mass is 19.3. The summed E-state index contributed by atoms with van der Waals surface area (Å²) < 4.78 is 41.1. The first-order valence-electron chi connectivity index (χ1n) is 11.9. The second kappa shape index (κ2) is 11.1. The van der Waals surface area contributed by atoms with Crippen LogP contribution in [0.4, 0.5) is 24.8 Å². The molecule has 0 bridgehead atoms. The number of anilines is 2. The topological polar surface area (TPSA) is 86.3 Å². The SMILES string of the molecule is CNCCC(=O)N1CCN(c2cc3c(NC(C)c4cccc(C(F)F)c4F)nc(C)nc3cn2)CC1. The van der Waals surface area contributed by atoms with Crippen molar-refractivity contribution in [1.29, 1.82) is 0 Å². The van der Waals surface area contributed by atoms with E-state index < -0.39 is 23.8 Å². The lowest BCUT2D eigenvalue weighted by Gasteiger charge is -2.35. The largest absolute Gasteiger partial charge is 0.363 e. The number of nitrogens with zero attached hydrogens (tertiary/aromatic N) is 5. The number of nitrogens with one attached hydrogen (secondary N) is 2. The number of hydrogen-bond donors (Lipinski definition) is 2. The van der Waals surface area contributed by atoms with E-state index in [4.69, 9.17) is 0 Å². The van der Waals surface area contributed by atoms with Gasteiger partial charge in [0.25, 0.3) is 6.43 Å². The lowest BCUT2D eigenvalue weighted by molar-refractivity contribution is -0.131. The second-order valence-electron chi connectivity index (χ2n) is 8.82. The van der Waals surface area contributed by atoms with E-state index >= 15 is 0 Å². The highest BCUT2D eigenvalue weighted by molar-refractivity contribution is 5.90. The van der Waals surface area contributed by atoms with Crippen LogP contribution in [0.25, 0.3) is 10.9 Å². The summed E-state index contributed by atoms with van der Waals surface area (Å²) in [5.74, 6) is 0.896. The molecule has 0 spiro atoms. The minimum atomic E-state index is -2.90. The minimum absolute atomic E-state index is 0.128. The highest BCUT2D eigenvalue weighted by Crippen LogP contribution is 2.31. The number of amides is 1. The number of carbonyl (C=O) groups is 1. The van der Waals surface area contributed by atoms with Gasteiger partial charge in [-0.25, -0.2) is 28.1 Å². The van der Waals surface area contributed by atoms with Crippen molar-refractivity contribution in [3.63, 3.8) is 0 Å². The number of carbonyl (C=O) groups excluding carboxylic acids is 1. The normalized spacial score (nSPS) is 15.0. The van der Waals surface area contributed by atoms with Crippen molar-refractivity contribution in [2.75, 3.05) is 50.0 Å². The van der Waals surface area contributed by atoms with E-state index in [0.29, 0.717) is 61.7 Å². The van der Waals surface area contributed by atoms with Crippen LogP contribution in [-0.2, 0) is 4.79 Å². The third-order valence-electron chi connectivity index (χ3n) is 6.34. The van der Waals surface area contributed by atoms with Crippen molar-refractivity contribution in [3.8, 4) is 0 Å². The Hall–Kier alpha value is -3.47. The fourth-order valence-corrected chi connectivity index (χ4v) is 4.35. The molecule has 1 amide bonds. The zero-order valence-corrected chi connectivity index (χ0v) is 20.6. The molecule has 3 heterocycles. The van der Waals surface area contributed by atoms with E-state index in [1.54, 1.807) is 20.0 Å². The first kappa shape index (κ1) is 25.6. The van der Waals surface area contributed by atoms with Crippen molar-refractivity contribution in [1.82, 2.24) is 25.2 Å². The maximum atomic E-state index is 14.7. The molecule has 8 nitrogen and oxygen atoms in total. The molecular weight excluding hydrogens is 471 g/mol. The third kappa shape index (κ3) is 5.51. The summed E-state index contributed by atoms with van der Waals surface area (Å²) in [4.78, 5) is 29.8. The number of hydrogen-bond acceptors (Lipinski definition) is 7. The maximum Gasteiger partial charge on any atom is 0.266 e. The maximum absolute atomic E-state index is 14.7. The first-order valence-corrected chi connectivity index (χ1v) is 11.9. The average molecular weight is 502 g/mol. The van der Waals surface area contributed by atoms with Crippen molar-refractivity contribution >= 4 is 28.4 Å². The summed E-state index contributed by atoms with van der Waals surface area (Å²) >= 11 is 0. The van der Waals surface area contributed by atoms with Gasteiger partial charge in [0.1, 0.15) is 23.3 Å². The van der Waals surface area contributed by atoms with Crippen molar-refractivity contribution < 1.29 is 18.0 Å². The van der Waals surface area contributed by atoms with Crippen molar-refractivity contribution in [2.45, 2.75) is 32.7 Å². The molecule has 1 saturated heterocycles. The van der Waals surface area contributed by atoms with Gasteiger partial charge in [-0.3, -0.25) is 4.79 Å². The highest BCUT2D eigenvalue weighted by Gasteiger charge is 2.23. The van der Waals surface area contributed by atoms with Gasteiger partial charge in [0, 0.05) is 50.1 Å². The predicted molar refractivity (Wildman–Crippen MR) is 133 cm³/mol. The Labute approximate surface area is 207 Å². The Kier molecular flexibility index (Phi) is 7.88. The van der Waals surface area contributed by atoms with Gasteiger partial charge < -0.3 is 20.4 Å². The summed E-state index contributed by atoms with van der Waals surface area (Å²) in [6.07, 6.45) is -0.764. The van der Waals surface area contributed by atoms with Gasteiger partial charge in [0.2, 0.25) is 5.91 Å². The molecule has 0 radical (unpaired) electrons. The Balaban J connectivity index is 1.56. The van der Waals surface area contributed by atoms with Crippen LogP contribution < -0.4 is 15.5 Å². The molecule has 1 fully saturated rings. The standard InChI is InChI=1S/C25H30F3N7O/c1-15(17-5-4-6-18(23(17)26)24(27)28)31-25-19-13-21(30-14-20(19)32-16(2)33-25)34-9-11-35(12-10-34)22(36)7-8-29-3/h4-6,13-15,24,29H,7-12H2,1-3H3,(H,31,32,33). The van der Waals surface area contributed by atoms with E-state index in [9.17, 15) is 18.0 Å². The number of piperazine rings is 1. The number of aryl methyl sites for hydroxylation is 1. The number of rotatable bonds is 8. The molecule has 0 aliphatic carbocycles. The number of halogens is 3. The molecule has 2 aromatic heterocycles. The molecule has 3 aromatic rings. The van der Waals surface area contributed by atoms with Crippen LogP contribution in [0.5, 0.6) is 0 Å². The summed E-state index contributed by atoms with van der Waals surface area (Å²) in [6.45, 7) is 6.58. The van der Waals surface area contributed by atoms with E-state index in [-0.39, 0.29) is 11.5 Å². The third-order valence-corrected chi connectivity index (χ3v) is 6.34. The van der Waals surface area contributed by atoms with Gasteiger partial charge in [-0.1, -0.05) is 18.2 Å². The quantitative estimate of drug-likeness (QED) is 0.485. The number of benzene rings is 1. The molecule has 1 aliphatic rings. The number of fused-ring (bicyclic) bond motifs is 1. The fourth-order valence-electron chi connectivity index (χ4n) is 4.35. The van der Waals surface area contributed by atoms with Gasteiger partial charge in [0.15, 0.2) is 0 Å². The predicted octanol–water partition coefficient (Wildman–Crippen LogP) is 3.84. The van der Waals surface area contributed by atoms with Crippen LogP contribution in [0.3, 0.4) is 0 Å². The lowest BCUT2D eigenvalue weighted by atomic mass is 10.0. The van der Waals surface area contributed by atoms with Crippen LogP contribution in [-0.4, -0.2) is 65.5 Å². The molecular formula is C25H30F3N7O. The van der Waals surface area contributed by atoms with E-state index in [2.05, 4.69) is 30.5 Å². The zero-order valence-electron chi connectivity index (χ0n) is 20.6. The van der Waals surface area contributed by atoms with E-state index in [0.717, 1.165) is 11.9 Å². The monoisotopic (exact) mass is 501 g/mol. The smallest absolute Gasteiger partial charge is 0.266 e. The molecule has 0 saturated carbocycles. The van der Waals surface area contributed by atoms with E-state index in [1.165, 1.54) is 12.1 Å². The van der Waals surface area contributed by atoms with Crippen LogP contribution in [0.1, 0.15) is 42.8 Å². The summed E-state index contributed by atoms with van der Waals surface area (Å²) in [5, 5.41) is 6.86. The Morgan fingerprint density at radius 3 is 2.56 bits per heavy atom. The Morgan fingerprint density at radius 2 is 1.86 bits per heavy atom. The molecule has 2 N–H and O–H groups in total. The fraction of sp³-hybridized carbons (Fsp3) is 0.440. The van der Waals surface area contributed by atoms with Crippen LogP contribution >= 0.6 is 0 Å². The molecule has 1 aromatic carbocycles. The number of pyridine rings is 1.